The third kappa shape index (κ3) is 6.48. The molecule has 2 heterocycles. The van der Waals surface area contributed by atoms with Crippen molar-refractivity contribution in [2.45, 2.75) is 39.0 Å². The molecule has 6 nitrogen and oxygen atoms in total. The molecule has 0 unspecified atom stereocenters. The van der Waals surface area contributed by atoms with Gasteiger partial charge in [-0.2, -0.15) is 0 Å². The van der Waals surface area contributed by atoms with Gasteiger partial charge < -0.3 is 15.1 Å². The molecule has 2 amide bonds. The molecule has 0 aliphatic carbocycles. The van der Waals surface area contributed by atoms with Gasteiger partial charge >= 0.3 is 0 Å². The predicted molar refractivity (Wildman–Crippen MR) is 120 cm³/mol. The molecule has 0 saturated carbocycles. The second-order valence-corrected chi connectivity index (χ2v) is 7.98. The Balaban J connectivity index is 1.44. The Kier molecular flexibility index (Phi) is 8.53. The van der Waals surface area contributed by atoms with E-state index in [4.69, 9.17) is 0 Å². The molecule has 0 spiro atoms. The summed E-state index contributed by atoms with van der Waals surface area (Å²) < 4.78 is 26.3. The van der Waals surface area contributed by atoms with E-state index < -0.39 is 11.6 Å². The van der Waals surface area contributed by atoms with Gasteiger partial charge in [-0.25, -0.2) is 13.8 Å². The third-order valence-corrected chi connectivity index (χ3v) is 5.64. The number of hydrogen-bond acceptors (Lipinski definition) is 4. The molecule has 3 rings (SSSR count). The smallest absolute Gasteiger partial charge is 0.252 e. The fourth-order valence-corrected chi connectivity index (χ4v) is 3.68. The Hall–Kier alpha value is -3.03. The summed E-state index contributed by atoms with van der Waals surface area (Å²) in [6, 6.07) is 7.34. The van der Waals surface area contributed by atoms with Crippen molar-refractivity contribution in [2.24, 2.45) is 0 Å². The van der Waals surface area contributed by atoms with Crippen molar-refractivity contribution < 1.29 is 18.4 Å². The summed E-state index contributed by atoms with van der Waals surface area (Å²) in [6.07, 6.45) is 5.39. The largest absolute Gasteiger partial charge is 0.353 e. The number of halogens is 2. The van der Waals surface area contributed by atoms with E-state index in [-0.39, 0.29) is 18.2 Å². The van der Waals surface area contributed by atoms with E-state index in [2.05, 4.69) is 22.1 Å². The van der Waals surface area contributed by atoms with Crippen LogP contribution in [0.4, 0.5) is 14.6 Å². The zero-order valence-electron chi connectivity index (χ0n) is 18.4. The number of amides is 2. The van der Waals surface area contributed by atoms with Gasteiger partial charge in [0.05, 0.1) is 5.56 Å². The van der Waals surface area contributed by atoms with Gasteiger partial charge in [-0.3, -0.25) is 9.59 Å². The van der Waals surface area contributed by atoms with Gasteiger partial charge in [0, 0.05) is 45.3 Å². The first-order valence-electron chi connectivity index (χ1n) is 11.2. The molecule has 172 valence electrons. The number of pyridine rings is 1. The van der Waals surface area contributed by atoms with E-state index >= 15 is 0 Å². The lowest BCUT2D eigenvalue weighted by Gasteiger charge is -2.35. The minimum absolute atomic E-state index is 0.00238. The molecule has 1 aromatic heterocycles. The summed E-state index contributed by atoms with van der Waals surface area (Å²) in [5, 5.41) is 2.90. The molecule has 0 radical (unpaired) electrons. The van der Waals surface area contributed by atoms with Crippen LogP contribution >= 0.6 is 0 Å². The number of carbonyl (C=O) groups excluding carboxylic acids is 2. The molecular formula is C24H30F2N4O2. The van der Waals surface area contributed by atoms with Gasteiger partial charge in [0.15, 0.2) is 11.6 Å². The lowest BCUT2D eigenvalue weighted by molar-refractivity contribution is -0.131. The van der Waals surface area contributed by atoms with E-state index in [1.807, 2.05) is 6.07 Å². The van der Waals surface area contributed by atoms with Crippen LogP contribution in [0, 0.1) is 11.6 Å². The molecule has 1 fully saturated rings. The van der Waals surface area contributed by atoms with Crippen LogP contribution in [0.15, 0.2) is 36.5 Å². The van der Waals surface area contributed by atoms with Crippen molar-refractivity contribution in [3.05, 3.63) is 59.3 Å². The number of rotatable bonds is 9. The van der Waals surface area contributed by atoms with Gasteiger partial charge in [0.1, 0.15) is 5.82 Å². The number of aryl methyl sites for hydroxylation is 1. The van der Waals surface area contributed by atoms with Gasteiger partial charge in [-0.05, 0) is 42.7 Å². The molecule has 32 heavy (non-hydrogen) atoms. The summed E-state index contributed by atoms with van der Waals surface area (Å²) in [5.74, 6) is -1.11. The molecule has 1 N–H and O–H groups in total. The van der Waals surface area contributed by atoms with E-state index in [1.54, 1.807) is 17.2 Å². The van der Waals surface area contributed by atoms with Crippen molar-refractivity contribution in [1.82, 2.24) is 15.2 Å². The van der Waals surface area contributed by atoms with Crippen molar-refractivity contribution >= 4 is 17.6 Å². The van der Waals surface area contributed by atoms with Crippen LogP contribution in [-0.2, 0) is 11.2 Å². The quantitative estimate of drug-likeness (QED) is 0.601. The zero-order chi connectivity index (χ0) is 22.9. The first kappa shape index (κ1) is 23.6. The van der Waals surface area contributed by atoms with Crippen molar-refractivity contribution in [2.75, 3.05) is 37.6 Å². The molecule has 1 aromatic carbocycles. The number of anilines is 1. The average Bonchev–Trinajstić information content (AvgIpc) is 2.82. The first-order chi connectivity index (χ1) is 15.5. The summed E-state index contributed by atoms with van der Waals surface area (Å²) >= 11 is 0. The maximum absolute atomic E-state index is 13.3. The van der Waals surface area contributed by atoms with E-state index in [0.29, 0.717) is 50.3 Å². The molecule has 1 saturated heterocycles. The lowest BCUT2D eigenvalue weighted by Crippen LogP contribution is -2.49. The fraction of sp³-hybridized carbons (Fsp3) is 0.458. The monoisotopic (exact) mass is 444 g/mol. The van der Waals surface area contributed by atoms with E-state index in [9.17, 15) is 18.4 Å². The van der Waals surface area contributed by atoms with Gasteiger partial charge in [0.2, 0.25) is 5.91 Å². The minimum atomic E-state index is -0.893. The maximum atomic E-state index is 13.3. The second-order valence-electron chi connectivity index (χ2n) is 7.98. The Morgan fingerprint density at radius 1 is 1.03 bits per heavy atom. The van der Waals surface area contributed by atoms with Gasteiger partial charge in [-0.1, -0.05) is 25.8 Å². The van der Waals surface area contributed by atoms with Crippen LogP contribution < -0.4 is 10.2 Å². The van der Waals surface area contributed by atoms with Crippen LogP contribution in [0.3, 0.4) is 0 Å². The highest BCUT2D eigenvalue weighted by Crippen LogP contribution is 2.16. The maximum Gasteiger partial charge on any atom is 0.252 e. The number of nitrogens with zero attached hydrogens (tertiary/aromatic N) is 3. The van der Waals surface area contributed by atoms with Crippen LogP contribution in [-0.4, -0.2) is 54.4 Å². The van der Waals surface area contributed by atoms with Crippen LogP contribution in [0.5, 0.6) is 0 Å². The third-order valence-electron chi connectivity index (χ3n) is 5.64. The Morgan fingerprint density at radius 3 is 2.47 bits per heavy atom. The number of aromatic nitrogens is 1. The number of benzene rings is 1. The lowest BCUT2D eigenvalue weighted by atomic mass is 10.1. The van der Waals surface area contributed by atoms with E-state index in [0.717, 1.165) is 37.2 Å². The number of hydrogen-bond donors (Lipinski definition) is 1. The Bertz CT molecular complexity index is 913. The average molecular weight is 445 g/mol. The SMILES string of the molecule is CCCCCNC(=O)c1ccc(N2CCN(C(=O)CCc3ccc(F)c(F)c3)CC2)nc1. The first-order valence-corrected chi connectivity index (χ1v) is 11.2. The number of unbranched alkanes of at least 4 members (excludes halogenated alkanes) is 2. The topological polar surface area (TPSA) is 65.5 Å². The predicted octanol–water partition coefficient (Wildman–Crippen LogP) is 3.56. The highest BCUT2D eigenvalue weighted by atomic mass is 19.2. The Labute approximate surface area is 187 Å². The van der Waals surface area contributed by atoms with Crippen LogP contribution in [0.1, 0.15) is 48.5 Å². The summed E-state index contributed by atoms with van der Waals surface area (Å²) in [6.45, 7) is 5.21. The molecular weight excluding hydrogens is 414 g/mol. The number of nitrogens with one attached hydrogen (secondary N) is 1. The van der Waals surface area contributed by atoms with Crippen molar-refractivity contribution in [3.8, 4) is 0 Å². The van der Waals surface area contributed by atoms with Gasteiger partial charge in [-0.15, -0.1) is 0 Å². The summed E-state index contributed by atoms with van der Waals surface area (Å²) in [4.78, 5) is 33.0. The molecule has 0 bridgehead atoms. The number of carbonyl (C=O) groups is 2. The minimum Gasteiger partial charge on any atom is -0.353 e. The second kappa shape index (κ2) is 11.5. The van der Waals surface area contributed by atoms with Crippen molar-refractivity contribution in [3.63, 3.8) is 0 Å². The normalized spacial score (nSPS) is 13.8. The molecule has 8 heteroatoms. The fourth-order valence-electron chi connectivity index (χ4n) is 3.68. The van der Waals surface area contributed by atoms with Gasteiger partial charge in [0.25, 0.3) is 5.91 Å². The molecule has 2 aromatic rings. The number of piperazine rings is 1. The summed E-state index contributed by atoms with van der Waals surface area (Å²) in [7, 11) is 0. The van der Waals surface area contributed by atoms with E-state index in [1.165, 1.54) is 6.07 Å². The Morgan fingerprint density at radius 2 is 1.81 bits per heavy atom. The molecule has 1 aliphatic heterocycles. The highest BCUT2D eigenvalue weighted by molar-refractivity contribution is 5.94. The molecule has 1 aliphatic rings. The van der Waals surface area contributed by atoms with Crippen molar-refractivity contribution in [1.29, 1.82) is 0 Å². The zero-order valence-corrected chi connectivity index (χ0v) is 18.4. The summed E-state index contributed by atoms with van der Waals surface area (Å²) in [5.41, 5.74) is 1.14. The molecule has 0 atom stereocenters. The van der Waals surface area contributed by atoms with Crippen LogP contribution in [0.2, 0.25) is 0 Å². The van der Waals surface area contributed by atoms with Crippen LogP contribution in [0.25, 0.3) is 0 Å². The standard InChI is InChI=1S/C24H30F2N4O2/c1-2-3-4-11-27-24(32)19-7-9-22(28-17-19)29-12-14-30(15-13-29)23(31)10-6-18-5-8-20(25)21(26)16-18/h5,7-9,16-17H,2-4,6,10-15H2,1H3,(H,27,32). The highest BCUT2D eigenvalue weighted by Gasteiger charge is 2.22.